The van der Waals surface area contributed by atoms with E-state index in [0.29, 0.717) is 0 Å². The van der Waals surface area contributed by atoms with E-state index in [4.69, 9.17) is 4.74 Å². The van der Waals surface area contributed by atoms with Crippen LogP contribution in [0.4, 0.5) is 0 Å². The molecular weight excluding hydrogens is 202 g/mol. The fraction of sp³-hybridized carbons (Fsp3) is 0.538. The van der Waals surface area contributed by atoms with Gasteiger partial charge in [0.2, 0.25) is 0 Å². The zero-order valence-corrected chi connectivity index (χ0v) is 9.82. The Labute approximate surface area is 95.8 Å². The molecule has 0 saturated heterocycles. The second kappa shape index (κ2) is 4.64. The van der Waals surface area contributed by atoms with Gasteiger partial charge in [0.15, 0.2) is 0 Å². The van der Waals surface area contributed by atoms with Gasteiger partial charge >= 0.3 is 5.97 Å². The summed E-state index contributed by atoms with van der Waals surface area (Å²) in [5.74, 6) is -0.221. The number of esters is 1. The molecule has 2 rings (SSSR count). The van der Waals surface area contributed by atoms with Crippen LogP contribution in [0.15, 0.2) is 12.1 Å². The molecule has 0 saturated carbocycles. The maximum absolute atomic E-state index is 11.1. The van der Waals surface area contributed by atoms with E-state index in [1.54, 1.807) is 0 Å². The summed E-state index contributed by atoms with van der Waals surface area (Å²) in [5, 5.41) is 0. The van der Waals surface area contributed by atoms with Crippen LogP contribution in [0.25, 0.3) is 0 Å². The molecule has 1 aliphatic carbocycles. The molecule has 1 atom stereocenters. The number of fused-ring (bicyclic) bond motifs is 1. The Kier molecular flexibility index (Phi) is 3.22. The Morgan fingerprint density at radius 1 is 1.44 bits per heavy atom. The topological polar surface area (TPSA) is 39.2 Å². The Balaban J connectivity index is 2.34. The van der Waals surface area contributed by atoms with Gasteiger partial charge in [0.05, 0.1) is 5.69 Å². The van der Waals surface area contributed by atoms with Gasteiger partial charge in [-0.25, -0.2) is 0 Å². The summed E-state index contributed by atoms with van der Waals surface area (Å²) in [5.41, 5.74) is 3.18. The van der Waals surface area contributed by atoms with Crippen molar-refractivity contribution in [3.05, 3.63) is 29.1 Å². The van der Waals surface area contributed by atoms with Crippen LogP contribution in [0, 0.1) is 6.92 Å². The smallest absolute Gasteiger partial charge is 0.303 e. The van der Waals surface area contributed by atoms with Gasteiger partial charge in [-0.2, -0.15) is 0 Å². The molecule has 3 heteroatoms. The van der Waals surface area contributed by atoms with Gasteiger partial charge in [-0.05, 0) is 44.2 Å². The van der Waals surface area contributed by atoms with Gasteiger partial charge in [0.1, 0.15) is 6.10 Å². The molecule has 1 aromatic heterocycles. The number of hydrogen-bond acceptors (Lipinski definition) is 3. The molecule has 0 unspecified atom stereocenters. The van der Waals surface area contributed by atoms with Crippen LogP contribution in [-0.2, 0) is 16.0 Å². The van der Waals surface area contributed by atoms with Gasteiger partial charge in [0.25, 0.3) is 0 Å². The minimum Gasteiger partial charge on any atom is -0.456 e. The van der Waals surface area contributed by atoms with Crippen LogP contribution < -0.4 is 0 Å². The number of aromatic nitrogens is 1. The van der Waals surface area contributed by atoms with Crippen molar-refractivity contribution >= 4 is 5.97 Å². The number of pyridine rings is 1. The standard InChI is InChI=1S/C13H17NO2/c1-9-7-8-11-5-3-4-6-12(13(11)14-9)16-10(2)15/h7-8,12H,3-6H2,1-2H3/t12-/m1/s1. The molecule has 16 heavy (non-hydrogen) atoms. The molecule has 1 aliphatic rings. The molecule has 0 aromatic carbocycles. The lowest BCUT2D eigenvalue weighted by Gasteiger charge is -2.16. The van der Waals surface area contributed by atoms with E-state index in [9.17, 15) is 4.79 Å². The third-order valence-corrected chi connectivity index (χ3v) is 2.93. The first-order valence-corrected chi connectivity index (χ1v) is 5.80. The highest BCUT2D eigenvalue weighted by Crippen LogP contribution is 2.30. The maximum atomic E-state index is 11.1. The van der Waals surface area contributed by atoms with Crippen LogP contribution in [0.3, 0.4) is 0 Å². The number of carbonyl (C=O) groups is 1. The highest BCUT2D eigenvalue weighted by atomic mass is 16.5. The number of hydrogen-bond donors (Lipinski definition) is 0. The number of ether oxygens (including phenoxy) is 1. The fourth-order valence-electron chi connectivity index (χ4n) is 2.19. The summed E-state index contributed by atoms with van der Waals surface area (Å²) in [6, 6.07) is 4.13. The van der Waals surface area contributed by atoms with Crippen LogP contribution >= 0.6 is 0 Å². The lowest BCUT2D eigenvalue weighted by molar-refractivity contribution is -0.147. The minimum atomic E-state index is -0.221. The zero-order chi connectivity index (χ0) is 11.5. The van der Waals surface area contributed by atoms with Crippen LogP contribution in [0.5, 0.6) is 0 Å². The van der Waals surface area contributed by atoms with Crippen molar-refractivity contribution in [3.8, 4) is 0 Å². The molecule has 0 aliphatic heterocycles. The molecule has 86 valence electrons. The average molecular weight is 219 g/mol. The Morgan fingerprint density at radius 2 is 2.25 bits per heavy atom. The lowest BCUT2D eigenvalue weighted by Crippen LogP contribution is -2.11. The predicted molar refractivity (Wildman–Crippen MR) is 61.0 cm³/mol. The largest absolute Gasteiger partial charge is 0.456 e. The van der Waals surface area contributed by atoms with Crippen molar-refractivity contribution in [1.29, 1.82) is 0 Å². The Hall–Kier alpha value is -1.38. The molecule has 0 radical (unpaired) electrons. The third kappa shape index (κ3) is 2.40. The van der Waals surface area contributed by atoms with E-state index in [0.717, 1.165) is 37.1 Å². The normalized spacial score (nSPS) is 19.8. The summed E-state index contributed by atoms with van der Waals surface area (Å²) in [7, 11) is 0. The van der Waals surface area contributed by atoms with E-state index in [1.807, 2.05) is 13.0 Å². The fourth-order valence-corrected chi connectivity index (χ4v) is 2.19. The first kappa shape index (κ1) is 11.1. The zero-order valence-electron chi connectivity index (χ0n) is 9.82. The van der Waals surface area contributed by atoms with E-state index < -0.39 is 0 Å². The molecule has 1 aromatic rings. The van der Waals surface area contributed by atoms with E-state index in [-0.39, 0.29) is 12.1 Å². The van der Waals surface area contributed by atoms with Crippen molar-refractivity contribution in [2.24, 2.45) is 0 Å². The van der Waals surface area contributed by atoms with E-state index >= 15 is 0 Å². The molecule has 0 fully saturated rings. The lowest BCUT2D eigenvalue weighted by atomic mass is 10.1. The van der Waals surface area contributed by atoms with Crippen molar-refractivity contribution in [2.75, 3.05) is 0 Å². The molecule has 0 spiro atoms. The molecule has 0 N–H and O–H groups in total. The monoisotopic (exact) mass is 219 g/mol. The summed E-state index contributed by atoms with van der Waals surface area (Å²) < 4.78 is 5.35. The molecular formula is C13H17NO2. The summed E-state index contributed by atoms with van der Waals surface area (Å²) in [6.45, 7) is 3.43. The van der Waals surface area contributed by atoms with Gasteiger partial charge in [-0.3, -0.25) is 9.78 Å². The first-order chi connectivity index (χ1) is 7.66. The van der Waals surface area contributed by atoms with Crippen molar-refractivity contribution < 1.29 is 9.53 Å². The molecule has 1 heterocycles. The van der Waals surface area contributed by atoms with Gasteiger partial charge in [-0.1, -0.05) is 6.07 Å². The van der Waals surface area contributed by atoms with Crippen molar-refractivity contribution in [2.45, 2.75) is 45.6 Å². The molecule has 3 nitrogen and oxygen atoms in total. The highest BCUT2D eigenvalue weighted by molar-refractivity contribution is 5.66. The second-order valence-corrected chi connectivity index (χ2v) is 4.34. The van der Waals surface area contributed by atoms with Crippen LogP contribution in [0.1, 0.15) is 49.2 Å². The summed E-state index contributed by atoms with van der Waals surface area (Å²) in [6.07, 6.45) is 4.03. The van der Waals surface area contributed by atoms with E-state index in [2.05, 4.69) is 11.1 Å². The number of aryl methyl sites for hydroxylation is 2. The minimum absolute atomic E-state index is 0.144. The molecule has 0 bridgehead atoms. The Bertz CT molecular complexity index is 401. The third-order valence-electron chi connectivity index (χ3n) is 2.93. The van der Waals surface area contributed by atoms with Crippen LogP contribution in [0.2, 0.25) is 0 Å². The van der Waals surface area contributed by atoms with Gasteiger partial charge in [0, 0.05) is 12.6 Å². The summed E-state index contributed by atoms with van der Waals surface area (Å²) >= 11 is 0. The first-order valence-electron chi connectivity index (χ1n) is 5.80. The predicted octanol–water partition coefficient (Wildman–Crippen LogP) is 2.72. The molecule has 0 amide bonds. The maximum Gasteiger partial charge on any atom is 0.303 e. The van der Waals surface area contributed by atoms with Crippen LogP contribution in [-0.4, -0.2) is 11.0 Å². The summed E-state index contributed by atoms with van der Waals surface area (Å²) in [4.78, 5) is 15.6. The SMILES string of the molecule is CC(=O)O[C@@H]1CCCCc2ccc(C)nc21. The number of carbonyl (C=O) groups excluding carboxylic acids is 1. The van der Waals surface area contributed by atoms with E-state index in [1.165, 1.54) is 12.5 Å². The second-order valence-electron chi connectivity index (χ2n) is 4.34. The van der Waals surface area contributed by atoms with Crippen molar-refractivity contribution in [3.63, 3.8) is 0 Å². The number of rotatable bonds is 1. The number of nitrogens with zero attached hydrogens (tertiary/aromatic N) is 1. The van der Waals surface area contributed by atoms with Gasteiger partial charge < -0.3 is 4.74 Å². The average Bonchev–Trinajstić information content (AvgIpc) is 2.41. The van der Waals surface area contributed by atoms with Crippen molar-refractivity contribution in [1.82, 2.24) is 4.98 Å². The highest BCUT2D eigenvalue weighted by Gasteiger charge is 2.22. The quantitative estimate of drug-likeness (QED) is 0.538. The van der Waals surface area contributed by atoms with Gasteiger partial charge in [-0.15, -0.1) is 0 Å². The Morgan fingerprint density at radius 3 is 3.00 bits per heavy atom.